The number of anilines is 1. The summed E-state index contributed by atoms with van der Waals surface area (Å²) in [5.41, 5.74) is 7.28. The molecule has 6 aromatic rings. The quantitative estimate of drug-likeness (QED) is 0.245. The van der Waals surface area contributed by atoms with Gasteiger partial charge in [0.2, 0.25) is 12.7 Å². The normalized spacial score (nSPS) is 12.3. The third kappa shape index (κ3) is 4.27. The third-order valence-electron chi connectivity index (χ3n) is 6.78. The minimum atomic E-state index is -0.0278. The highest BCUT2D eigenvalue weighted by Crippen LogP contribution is 2.38. The van der Waals surface area contributed by atoms with Crippen LogP contribution in [0.4, 0.5) is 5.69 Å². The Morgan fingerprint density at radius 1 is 1.00 bits per heavy atom. The predicted octanol–water partition coefficient (Wildman–Crippen LogP) is 5.48. The van der Waals surface area contributed by atoms with E-state index in [4.69, 9.17) is 19.4 Å². The molecule has 40 heavy (non-hydrogen) atoms. The Kier molecular flexibility index (Phi) is 5.81. The van der Waals surface area contributed by atoms with Crippen molar-refractivity contribution in [2.24, 2.45) is 0 Å². The maximum Gasteiger partial charge on any atom is 0.231 e. The zero-order valence-electron chi connectivity index (χ0n) is 21.6. The molecule has 1 aliphatic heterocycles. The topological polar surface area (TPSA) is 144 Å². The van der Waals surface area contributed by atoms with Gasteiger partial charge in [0.25, 0.3) is 0 Å². The molecular weight excluding hydrogens is 508 g/mol. The number of H-pyrrole nitrogens is 2. The van der Waals surface area contributed by atoms with Gasteiger partial charge in [-0.15, -0.1) is 0 Å². The molecule has 11 nitrogen and oxygen atoms in total. The van der Waals surface area contributed by atoms with E-state index in [0.29, 0.717) is 51.8 Å². The first-order valence-electron chi connectivity index (χ1n) is 13.0. The van der Waals surface area contributed by atoms with Crippen LogP contribution in [-0.4, -0.2) is 47.8 Å². The first-order valence-corrected chi connectivity index (χ1v) is 13.0. The molecule has 7 rings (SSSR count). The lowest BCUT2D eigenvalue weighted by molar-refractivity contribution is -0.116. The number of nitrogens with one attached hydrogen (secondary N) is 3. The van der Waals surface area contributed by atoms with Crippen molar-refractivity contribution in [3.8, 4) is 45.4 Å². The van der Waals surface area contributed by atoms with Crippen molar-refractivity contribution in [3.05, 3.63) is 61.1 Å². The SMILES string of the molecule is CCCCC(=O)Nc1cncc(-c2ccc3[nH]nc(-c4nc5c(-c6ccc7c(c6)OCO7)ccnc5[nH]4)c3n2)c1. The molecule has 0 saturated carbocycles. The van der Waals surface area contributed by atoms with Gasteiger partial charge < -0.3 is 19.8 Å². The Labute approximate surface area is 228 Å². The molecular formula is C29H24N8O3. The maximum atomic E-state index is 12.2. The maximum absolute atomic E-state index is 12.2. The molecule has 1 amide bonds. The van der Waals surface area contributed by atoms with Crippen molar-refractivity contribution in [1.29, 1.82) is 0 Å². The summed E-state index contributed by atoms with van der Waals surface area (Å²) in [4.78, 5) is 34.1. The van der Waals surface area contributed by atoms with E-state index in [-0.39, 0.29) is 12.7 Å². The van der Waals surface area contributed by atoms with Crippen LogP contribution in [0.1, 0.15) is 26.2 Å². The van der Waals surface area contributed by atoms with Gasteiger partial charge >= 0.3 is 0 Å². The van der Waals surface area contributed by atoms with Gasteiger partial charge in [-0.3, -0.25) is 14.9 Å². The van der Waals surface area contributed by atoms with Crippen LogP contribution in [0.15, 0.2) is 61.1 Å². The number of pyridine rings is 3. The number of fused-ring (bicyclic) bond motifs is 3. The molecule has 11 heteroatoms. The average Bonchev–Trinajstić information content (AvgIpc) is 3.73. The number of hydrogen-bond acceptors (Lipinski definition) is 8. The average molecular weight is 533 g/mol. The standard InChI is InChI=1S/C29H24N8O3/c1-2-3-4-24(38)32-18-11-17(13-30-14-18)20-6-7-21-26(33-20)27(37-36-21)29-34-25-19(9-10-31-28(25)35-29)16-5-8-22-23(12-16)40-15-39-22/h5-14H,2-4,15H2,1H3,(H,32,38)(H,36,37)(H,31,34,35). The second-order valence-electron chi connectivity index (χ2n) is 9.49. The van der Waals surface area contributed by atoms with E-state index < -0.39 is 0 Å². The van der Waals surface area contributed by atoms with Crippen LogP contribution in [0.3, 0.4) is 0 Å². The minimum absolute atomic E-state index is 0.0278. The van der Waals surface area contributed by atoms with Gasteiger partial charge in [-0.25, -0.2) is 15.0 Å². The largest absolute Gasteiger partial charge is 0.454 e. The van der Waals surface area contributed by atoms with Crippen molar-refractivity contribution in [3.63, 3.8) is 0 Å². The number of aromatic amines is 2. The summed E-state index contributed by atoms with van der Waals surface area (Å²) in [5.74, 6) is 1.94. The van der Waals surface area contributed by atoms with Crippen LogP contribution in [0.5, 0.6) is 11.5 Å². The Hall–Kier alpha value is -5.32. The summed E-state index contributed by atoms with van der Waals surface area (Å²) in [7, 11) is 0. The fourth-order valence-electron chi connectivity index (χ4n) is 4.75. The zero-order chi connectivity index (χ0) is 27.1. The predicted molar refractivity (Wildman–Crippen MR) is 150 cm³/mol. The van der Waals surface area contributed by atoms with Crippen molar-refractivity contribution < 1.29 is 14.3 Å². The second-order valence-corrected chi connectivity index (χ2v) is 9.49. The van der Waals surface area contributed by atoms with Crippen LogP contribution in [0.2, 0.25) is 0 Å². The number of amides is 1. The van der Waals surface area contributed by atoms with Gasteiger partial charge in [0.05, 0.1) is 23.1 Å². The van der Waals surface area contributed by atoms with E-state index in [1.165, 1.54) is 0 Å². The molecule has 5 aromatic heterocycles. The van der Waals surface area contributed by atoms with E-state index in [1.54, 1.807) is 18.6 Å². The van der Waals surface area contributed by atoms with Crippen LogP contribution in [0, 0.1) is 0 Å². The zero-order valence-corrected chi connectivity index (χ0v) is 21.6. The van der Waals surface area contributed by atoms with Gasteiger partial charge in [-0.2, -0.15) is 5.10 Å². The van der Waals surface area contributed by atoms with Gasteiger partial charge in [0, 0.05) is 29.9 Å². The molecule has 3 N–H and O–H groups in total. The lowest BCUT2D eigenvalue weighted by Gasteiger charge is -2.07. The highest BCUT2D eigenvalue weighted by Gasteiger charge is 2.19. The van der Waals surface area contributed by atoms with E-state index in [0.717, 1.165) is 40.8 Å². The van der Waals surface area contributed by atoms with Crippen LogP contribution >= 0.6 is 0 Å². The lowest BCUT2D eigenvalue weighted by Crippen LogP contribution is -2.11. The molecule has 6 heterocycles. The smallest absolute Gasteiger partial charge is 0.231 e. The Morgan fingerprint density at radius 2 is 1.93 bits per heavy atom. The second kappa shape index (κ2) is 9.77. The molecule has 1 aromatic carbocycles. The summed E-state index contributed by atoms with van der Waals surface area (Å²) in [6, 6.07) is 13.4. The Morgan fingerprint density at radius 3 is 2.85 bits per heavy atom. The van der Waals surface area contributed by atoms with Crippen molar-refractivity contribution in [1.82, 2.24) is 35.1 Å². The first-order chi connectivity index (χ1) is 19.7. The third-order valence-corrected chi connectivity index (χ3v) is 6.78. The molecule has 0 radical (unpaired) electrons. The number of unbranched alkanes of at least 4 members (excludes halogenated alkanes) is 1. The van der Waals surface area contributed by atoms with E-state index in [1.807, 2.05) is 42.5 Å². The molecule has 0 atom stereocenters. The molecule has 0 saturated heterocycles. The van der Waals surface area contributed by atoms with Crippen LogP contribution < -0.4 is 14.8 Å². The fraction of sp³-hybridized carbons (Fsp3) is 0.172. The number of aromatic nitrogens is 7. The number of benzene rings is 1. The van der Waals surface area contributed by atoms with E-state index >= 15 is 0 Å². The first kappa shape index (κ1) is 23.8. The fourth-order valence-corrected chi connectivity index (χ4v) is 4.75. The van der Waals surface area contributed by atoms with Crippen molar-refractivity contribution >= 4 is 33.8 Å². The number of carbonyl (C=O) groups excluding carboxylic acids is 1. The summed E-state index contributed by atoms with van der Waals surface area (Å²) < 4.78 is 11.0. The highest BCUT2D eigenvalue weighted by atomic mass is 16.7. The summed E-state index contributed by atoms with van der Waals surface area (Å²) >= 11 is 0. The van der Waals surface area contributed by atoms with E-state index in [9.17, 15) is 4.79 Å². The van der Waals surface area contributed by atoms with Crippen molar-refractivity contribution in [2.75, 3.05) is 12.1 Å². The van der Waals surface area contributed by atoms with Crippen LogP contribution in [0.25, 0.3) is 56.1 Å². The molecule has 0 fully saturated rings. The van der Waals surface area contributed by atoms with E-state index in [2.05, 4.69) is 37.4 Å². The number of hydrogen-bond donors (Lipinski definition) is 3. The van der Waals surface area contributed by atoms with Gasteiger partial charge in [0.1, 0.15) is 11.0 Å². The molecule has 198 valence electrons. The minimum Gasteiger partial charge on any atom is -0.454 e. The van der Waals surface area contributed by atoms with Gasteiger partial charge in [0.15, 0.2) is 28.7 Å². The van der Waals surface area contributed by atoms with Crippen molar-refractivity contribution in [2.45, 2.75) is 26.2 Å². The van der Waals surface area contributed by atoms with Crippen LogP contribution in [-0.2, 0) is 4.79 Å². The Bertz CT molecular complexity index is 1890. The van der Waals surface area contributed by atoms with Gasteiger partial charge in [-0.05, 0) is 48.4 Å². The summed E-state index contributed by atoms with van der Waals surface area (Å²) in [6.45, 7) is 2.27. The molecule has 0 spiro atoms. The molecule has 0 unspecified atom stereocenters. The number of rotatable bonds is 7. The molecule has 1 aliphatic rings. The molecule has 0 bridgehead atoms. The summed E-state index contributed by atoms with van der Waals surface area (Å²) in [6.07, 6.45) is 7.38. The monoisotopic (exact) mass is 532 g/mol. The number of ether oxygens (including phenoxy) is 2. The number of nitrogens with zero attached hydrogens (tertiary/aromatic N) is 5. The Balaban J connectivity index is 1.24. The summed E-state index contributed by atoms with van der Waals surface area (Å²) in [5, 5.41) is 10.5. The number of imidazole rings is 1. The van der Waals surface area contributed by atoms with Gasteiger partial charge in [-0.1, -0.05) is 19.4 Å². The number of carbonyl (C=O) groups is 1. The molecule has 0 aliphatic carbocycles. The highest BCUT2D eigenvalue weighted by molar-refractivity contribution is 5.95. The lowest BCUT2D eigenvalue weighted by atomic mass is 10.1.